The largest absolute Gasteiger partial charge is 0.481 e. The Hall–Kier alpha value is -3.18. The molecule has 2 aliphatic rings. The maximum Gasteiger partial charge on any atom is 0.211 e. The van der Waals surface area contributed by atoms with E-state index < -0.39 is 27.3 Å². The zero-order valence-corrected chi connectivity index (χ0v) is 22.9. The molecule has 3 aromatic rings. The molecule has 0 unspecified atom stereocenters. The summed E-state index contributed by atoms with van der Waals surface area (Å²) in [4.78, 5) is 15.3. The molecule has 0 saturated carbocycles. The molecule has 1 aromatic carbocycles. The first kappa shape index (κ1) is 26.4. The van der Waals surface area contributed by atoms with Crippen LogP contribution in [-0.2, 0) is 29.4 Å². The number of rotatable bonds is 5. The molecule has 2 aliphatic heterocycles. The number of fused-ring (bicyclic) bond motifs is 2. The molecule has 8 nitrogen and oxygen atoms in total. The fourth-order valence-electron chi connectivity index (χ4n) is 4.97. The molecule has 202 valence electrons. The third-order valence-electron chi connectivity index (χ3n) is 6.83. The number of halogens is 2. The van der Waals surface area contributed by atoms with Crippen molar-refractivity contribution in [2.75, 3.05) is 24.2 Å². The smallest absolute Gasteiger partial charge is 0.211 e. The third-order valence-corrected chi connectivity index (χ3v) is 8.08. The molecule has 0 atom stereocenters. The quantitative estimate of drug-likeness (QED) is 0.479. The van der Waals surface area contributed by atoms with Crippen LogP contribution < -0.4 is 9.64 Å². The van der Waals surface area contributed by atoms with Gasteiger partial charge in [-0.2, -0.15) is 4.31 Å². The van der Waals surface area contributed by atoms with E-state index in [1.165, 1.54) is 16.6 Å². The molecule has 0 spiro atoms. The van der Waals surface area contributed by atoms with Crippen molar-refractivity contribution >= 4 is 15.7 Å². The maximum atomic E-state index is 15.3. The molecule has 0 aliphatic carbocycles. The number of ether oxygens (including phenoxy) is 1. The minimum absolute atomic E-state index is 0.00648. The molecule has 0 N–H and O–H groups in total. The van der Waals surface area contributed by atoms with Crippen LogP contribution in [0.25, 0.3) is 11.3 Å². The lowest BCUT2D eigenvalue weighted by molar-refractivity contribution is 0.0967. The van der Waals surface area contributed by atoms with E-state index in [9.17, 15) is 12.8 Å². The highest BCUT2D eigenvalue weighted by Crippen LogP contribution is 2.42. The van der Waals surface area contributed by atoms with Crippen LogP contribution in [0.15, 0.2) is 30.5 Å². The fourth-order valence-corrected chi connectivity index (χ4v) is 5.76. The number of aromatic nitrogens is 3. The number of hydrogen-bond acceptors (Lipinski definition) is 7. The molecule has 11 heteroatoms. The van der Waals surface area contributed by atoms with Crippen molar-refractivity contribution in [2.24, 2.45) is 0 Å². The number of pyridine rings is 1. The molecular formula is C27H31F2N5O3S. The third kappa shape index (κ3) is 5.22. The first-order valence-corrected chi connectivity index (χ1v) is 14.4. The van der Waals surface area contributed by atoms with Crippen LogP contribution in [0, 0.1) is 11.6 Å². The Bertz CT molecular complexity index is 1510. The summed E-state index contributed by atoms with van der Waals surface area (Å²) < 4.78 is 61.3. The lowest BCUT2D eigenvalue weighted by Gasteiger charge is -2.43. The van der Waals surface area contributed by atoms with Crippen LogP contribution in [0.1, 0.15) is 50.5 Å². The molecule has 4 heterocycles. The Labute approximate surface area is 221 Å². The number of benzene rings is 1. The standard InChI is InChI=1S/C27H31F2N5O3S/c1-16(2)34-15-27(3,4)37-26-20(28)10-18(11-23(26)34)25-21(29)13-30-24(32-25)12-19-7-6-17-14-33(38(5,35)36)9-8-22(17)31-19/h6-7,10-11,13,16H,8-9,12,14-15H2,1-5H3. The van der Waals surface area contributed by atoms with Gasteiger partial charge in [-0.3, -0.25) is 4.98 Å². The molecule has 0 bridgehead atoms. The van der Waals surface area contributed by atoms with Gasteiger partial charge in [-0.05, 0) is 51.5 Å². The Morgan fingerprint density at radius 1 is 1.13 bits per heavy atom. The summed E-state index contributed by atoms with van der Waals surface area (Å²) in [7, 11) is -3.27. The number of anilines is 1. The van der Waals surface area contributed by atoms with Crippen molar-refractivity contribution in [1.82, 2.24) is 19.3 Å². The van der Waals surface area contributed by atoms with Crippen molar-refractivity contribution in [3.63, 3.8) is 0 Å². The summed E-state index contributed by atoms with van der Waals surface area (Å²) in [5.74, 6) is -0.727. The molecule has 5 rings (SSSR count). The van der Waals surface area contributed by atoms with Gasteiger partial charge in [0, 0.05) is 42.5 Å². The highest BCUT2D eigenvalue weighted by atomic mass is 32.2. The van der Waals surface area contributed by atoms with Gasteiger partial charge >= 0.3 is 0 Å². The van der Waals surface area contributed by atoms with Gasteiger partial charge in [0.1, 0.15) is 17.1 Å². The Balaban J connectivity index is 1.45. The summed E-state index contributed by atoms with van der Waals surface area (Å²) in [6, 6.07) is 6.71. The molecular weight excluding hydrogens is 512 g/mol. The molecule has 0 fully saturated rings. The average molecular weight is 544 g/mol. The first-order chi connectivity index (χ1) is 17.8. The van der Waals surface area contributed by atoms with Gasteiger partial charge in [0.15, 0.2) is 17.4 Å². The Kier molecular flexibility index (Phi) is 6.63. The van der Waals surface area contributed by atoms with Crippen LogP contribution in [-0.4, -0.2) is 58.7 Å². The van der Waals surface area contributed by atoms with E-state index in [2.05, 4.69) is 15.0 Å². The fraction of sp³-hybridized carbons (Fsp3) is 0.444. The van der Waals surface area contributed by atoms with E-state index >= 15 is 4.39 Å². The van der Waals surface area contributed by atoms with Gasteiger partial charge in [-0.1, -0.05) is 6.07 Å². The van der Waals surface area contributed by atoms with Crippen LogP contribution in [0.4, 0.5) is 14.5 Å². The van der Waals surface area contributed by atoms with Gasteiger partial charge < -0.3 is 9.64 Å². The van der Waals surface area contributed by atoms with E-state index in [1.54, 1.807) is 12.1 Å². The van der Waals surface area contributed by atoms with Crippen molar-refractivity contribution < 1.29 is 21.9 Å². The van der Waals surface area contributed by atoms with Crippen LogP contribution in [0.3, 0.4) is 0 Å². The zero-order valence-electron chi connectivity index (χ0n) is 22.1. The van der Waals surface area contributed by atoms with Crippen LogP contribution in [0.2, 0.25) is 0 Å². The van der Waals surface area contributed by atoms with Gasteiger partial charge in [-0.25, -0.2) is 27.2 Å². The van der Waals surface area contributed by atoms with Crippen molar-refractivity contribution in [2.45, 2.75) is 58.7 Å². The van der Waals surface area contributed by atoms with Gasteiger partial charge in [0.2, 0.25) is 10.0 Å². The van der Waals surface area contributed by atoms with Crippen molar-refractivity contribution in [3.05, 3.63) is 64.9 Å². The normalized spacial score (nSPS) is 17.2. The van der Waals surface area contributed by atoms with Crippen molar-refractivity contribution in [3.8, 4) is 17.0 Å². The second-order valence-corrected chi connectivity index (χ2v) is 12.8. The summed E-state index contributed by atoms with van der Waals surface area (Å²) >= 11 is 0. The topological polar surface area (TPSA) is 88.5 Å². The van der Waals surface area contributed by atoms with E-state index in [-0.39, 0.29) is 30.5 Å². The van der Waals surface area contributed by atoms with Gasteiger partial charge in [-0.15, -0.1) is 0 Å². The van der Waals surface area contributed by atoms with E-state index in [1.807, 2.05) is 38.7 Å². The predicted octanol–water partition coefficient (Wildman–Crippen LogP) is 4.11. The monoisotopic (exact) mass is 543 g/mol. The number of hydrogen-bond donors (Lipinski definition) is 0. The maximum absolute atomic E-state index is 15.3. The molecule has 0 saturated heterocycles. The summed E-state index contributed by atoms with van der Waals surface area (Å²) in [6.07, 6.45) is 3.05. The summed E-state index contributed by atoms with van der Waals surface area (Å²) in [6.45, 7) is 9.07. The van der Waals surface area contributed by atoms with E-state index in [4.69, 9.17) is 4.74 Å². The lowest BCUT2D eigenvalue weighted by atomic mass is 10.0. The predicted molar refractivity (Wildman–Crippen MR) is 141 cm³/mol. The van der Waals surface area contributed by atoms with E-state index in [0.29, 0.717) is 42.3 Å². The van der Waals surface area contributed by atoms with Gasteiger partial charge in [0.25, 0.3) is 0 Å². The zero-order chi connectivity index (χ0) is 27.4. The highest BCUT2D eigenvalue weighted by molar-refractivity contribution is 7.88. The van der Waals surface area contributed by atoms with Crippen molar-refractivity contribution in [1.29, 1.82) is 0 Å². The SMILES string of the molecule is CC(C)N1CC(C)(C)Oc2c(F)cc(-c3nc(Cc4ccc5c(n4)CCN(S(C)(=O)=O)C5)ncc3F)cc21. The number of sulfonamides is 1. The minimum Gasteiger partial charge on any atom is -0.481 e. The van der Waals surface area contributed by atoms with Gasteiger partial charge in [0.05, 0.1) is 31.1 Å². The molecule has 0 amide bonds. The summed E-state index contributed by atoms with van der Waals surface area (Å²) in [5.41, 5.74) is 2.68. The number of nitrogens with zero attached hydrogens (tertiary/aromatic N) is 5. The Morgan fingerprint density at radius 2 is 1.89 bits per heavy atom. The van der Waals surface area contributed by atoms with Crippen LogP contribution in [0.5, 0.6) is 5.75 Å². The minimum atomic E-state index is -3.27. The highest BCUT2D eigenvalue weighted by Gasteiger charge is 2.35. The summed E-state index contributed by atoms with van der Waals surface area (Å²) in [5, 5.41) is 0. The lowest BCUT2D eigenvalue weighted by Crippen LogP contribution is -2.49. The second-order valence-electron chi connectivity index (χ2n) is 10.8. The molecule has 0 radical (unpaired) electrons. The second kappa shape index (κ2) is 9.53. The van der Waals surface area contributed by atoms with E-state index in [0.717, 1.165) is 17.5 Å². The average Bonchev–Trinajstić information content (AvgIpc) is 2.84. The molecule has 2 aromatic heterocycles. The first-order valence-electron chi connectivity index (χ1n) is 12.5. The molecule has 38 heavy (non-hydrogen) atoms. The van der Waals surface area contributed by atoms with Crippen LogP contribution >= 0.6 is 0 Å². The Morgan fingerprint density at radius 3 is 2.61 bits per heavy atom.